The maximum Gasteiger partial charge on any atom is 0.322 e. The van der Waals surface area contributed by atoms with E-state index in [1.54, 1.807) is 12.4 Å². The Bertz CT molecular complexity index is 527. The fourth-order valence-corrected chi connectivity index (χ4v) is 1.77. The average molecular weight is 267 g/mol. The number of aryl methyl sites for hydroxylation is 2. The van der Waals surface area contributed by atoms with Crippen molar-refractivity contribution in [2.75, 3.05) is 0 Å². The van der Waals surface area contributed by atoms with Crippen LogP contribution in [0.4, 0.5) is 0 Å². The van der Waals surface area contributed by atoms with Gasteiger partial charge in [-0.2, -0.15) is 10.1 Å². The number of hydrogen-bond donors (Lipinski definition) is 0. The molecule has 6 heteroatoms. The topological polar surface area (TPSA) is 52.8 Å². The van der Waals surface area contributed by atoms with E-state index in [1.807, 2.05) is 17.8 Å². The van der Waals surface area contributed by atoms with E-state index in [4.69, 9.17) is 16.3 Å². The van der Waals surface area contributed by atoms with E-state index in [1.165, 1.54) is 0 Å². The van der Waals surface area contributed by atoms with E-state index in [0.717, 1.165) is 24.2 Å². The molecule has 0 aliphatic carbocycles. The molecule has 0 unspecified atom stereocenters. The van der Waals surface area contributed by atoms with Gasteiger partial charge >= 0.3 is 6.01 Å². The van der Waals surface area contributed by atoms with Crippen LogP contribution in [-0.2, 0) is 12.4 Å². The second-order valence-electron chi connectivity index (χ2n) is 3.94. The van der Waals surface area contributed by atoms with E-state index in [-0.39, 0.29) is 0 Å². The van der Waals surface area contributed by atoms with Crippen molar-refractivity contribution in [2.45, 2.75) is 32.7 Å². The zero-order valence-corrected chi connectivity index (χ0v) is 11.2. The minimum atomic E-state index is 0.317. The third-order valence-corrected chi connectivity index (χ3v) is 2.76. The second kappa shape index (κ2) is 5.82. The number of hydrogen-bond acceptors (Lipinski definition) is 4. The largest absolute Gasteiger partial charge is 0.421 e. The lowest BCUT2D eigenvalue weighted by Gasteiger charge is -2.04. The van der Waals surface area contributed by atoms with Crippen LogP contribution in [0, 0.1) is 6.92 Å². The van der Waals surface area contributed by atoms with Crippen LogP contribution in [0.2, 0.25) is 0 Å². The van der Waals surface area contributed by atoms with Gasteiger partial charge in [-0.3, -0.25) is 4.68 Å². The van der Waals surface area contributed by atoms with Gasteiger partial charge in [-0.05, 0) is 13.3 Å². The number of rotatable bonds is 5. The summed E-state index contributed by atoms with van der Waals surface area (Å²) >= 11 is 5.75. The maximum atomic E-state index is 5.75. The van der Waals surface area contributed by atoms with Gasteiger partial charge in [0.15, 0.2) is 5.75 Å². The molecule has 0 saturated carbocycles. The molecule has 0 fully saturated rings. The van der Waals surface area contributed by atoms with Gasteiger partial charge < -0.3 is 4.74 Å². The van der Waals surface area contributed by atoms with Gasteiger partial charge in [0.2, 0.25) is 0 Å². The highest BCUT2D eigenvalue weighted by Gasteiger charge is 2.06. The van der Waals surface area contributed by atoms with Gasteiger partial charge in [0.25, 0.3) is 0 Å². The predicted octanol–water partition coefficient (Wildman–Crippen LogP) is 2.92. The first-order valence-corrected chi connectivity index (χ1v) is 6.35. The van der Waals surface area contributed by atoms with Gasteiger partial charge in [-0.25, -0.2) is 4.98 Å². The fourth-order valence-electron chi connectivity index (χ4n) is 1.51. The molecule has 0 bridgehead atoms. The van der Waals surface area contributed by atoms with Gasteiger partial charge in [-0.1, -0.05) is 6.92 Å². The minimum absolute atomic E-state index is 0.317. The minimum Gasteiger partial charge on any atom is -0.421 e. The van der Waals surface area contributed by atoms with Crippen LogP contribution >= 0.6 is 11.6 Å². The lowest BCUT2D eigenvalue weighted by Crippen LogP contribution is -1.97. The quantitative estimate of drug-likeness (QED) is 0.781. The molecule has 0 spiro atoms. The molecule has 2 aromatic heterocycles. The first kappa shape index (κ1) is 12.8. The summed E-state index contributed by atoms with van der Waals surface area (Å²) < 4.78 is 7.37. The molecule has 0 aromatic carbocycles. The molecule has 2 heterocycles. The Morgan fingerprint density at radius 1 is 1.39 bits per heavy atom. The number of alkyl halides is 1. The fraction of sp³-hybridized carbons (Fsp3) is 0.417. The molecular formula is C12H15ClN4O. The van der Waals surface area contributed by atoms with Crippen molar-refractivity contribution in [1.29, 1.82) is 0 Å². The van der Waals surface area contributed by atoms with Crippen LogP contribution in [0.15, 0.2) is 18.6 Å². The first-order chi connectivity index (χ1) is 8.72. The van der Waals surface area contributed by atoms with Gasteiger partial charge in [0, 0.05) is 24.0 Å². The number of nitrogens with zero attached hydrogens (tertiary/aromatic N) is 4. The van der Waals surface area contributed by atoms with E-state index in [9.17, 15) is 0 Å². The second-order valence-corrected chi connectivity index (χ2v) is 4.21. The van der Waals surface area contributed by atoms with Crippen LogP contribution in [0.1, 0.15) is 24.6 Å². The Labute approximate surface area is 111 Å². The Morgan fingerprint density at radius 3 is 2.89 bits per heavy atom. The molecule has 0 N–H and O–H groups in total. The third kappa shape index (κ3) is 2.98. The van der Waals surface area contributed by atoms with Crippen LogP contribution in [0.25, 0.3) is 0 Å². The zero-order chi connectivity index (χ0) is 13.0. The van der Waals surface area contributed by atoms with Crippen molar-refractivity contribution in [1.82, 2.24) is 19.7 Å². The lowest BCUT2D eigenvalue weighted by molar-refractivity contribution is 0.438. The SMILES string of the molecule is CCCn1cc(Oc2ncc(CCl)c(C)n2)cn1. The molecule has 5 nitrogen and oxygen atoms in total. The Morgan fingerprint density at radius 2 is 2.22 bits per heavy atom. The molecule has 96 valence electrons. The summed E-state index contributed by atoms with van der Waals surface area (Å²) in [7, 11) is 0. The van der Waals surface area contributed by atoms with Crippen molar-refractivity contribution in [3.63, 3.8) is 0 Å². The molecule has 0 saturated heterocycles. The van der Waals surface area contributed by atoms with Crippen molar-refractivity contribution < 1.29 is 4.74 Å². The summed E-state index contributed by atoms with van der Waals surface area (Å²) in [5.74, 6) is 1.04. The maximum absolute atomic E-state index is 5.75. The normalized spacial score (nSPS) is 10.6. The molecular weight excluding hydrogens is 252 g/mol. The molecule has 0 aliphatic heterocycles. The highest BCUT2D eigenvalue weighted by Crippen LogP contribution is 2.18. The van der Waals surface area contributed by atoms with Gasteiger partial charge in [0.1, 0.15) is 0 Å². The molecule has 2 rings (SSSR count). The van der Waals surface area contributed by atoms with Crippen LogP contribution in [-0.4, -0.2) is 19.7 Å². The van der Waals surface area contributed by atoms with Crippen molar-refractivity contribution in [2.24, 2.45) is 0 Å². The van der Waals surface area contributed by atoms with E-state index < -0.39 is 0 Å². The van der Waals surface area contributed by atoms with Gasteiger partial charge in [0.05, 0.1) is 18.3 Å². The summed E-state index contributed by atoms with van der Waals surface area (Å²) in [6, 6.07) is 0.317. The number of ether oxygens (including phenoxy) is 1. The Kier molecular flexibility index (Phi) is 4.15. The van der Waals surface area contributed by atoms with Crippen LogP contribution in [0.3, 0.4) is 0 Å². The molecule has 0 aliphatic rings. The van der Waals surface area contributed by atoms with Crippen molar-refractivity contribution >= 4 is 11.6 Å². The monoisotopic (exact) mass is 266 g/mol. The van der Waals surface area contributed by atoms with E-state index >= 15 is 0 Å². The standard InChI is InChI=1S/C12H15ClN4O/c1-3-4-17-8-11(7-15-17)18-12-14-6-10(5-13)9(2)16-12/h6-8H,3-5H2,1-2H3. The molecule has 0 atom stereocenters. The molecule has 18 heavy (non-hydrogen) atoms. The van der Waals surface area contributed by atoms with Crippen molar-refractivity contribution in [3.8, 4) is 11.8 Å². The predicted molar refractivity (Wildman–Crippen MR) is 68.9 cm³/mol. The Hall–Kier alpha value is -1.62. The third-order valence-electron chi connectivity index (χ3n) is 2.47. The van der Waals surface area contributed by atoms with E-state index in [2.05, 4.69) is 22.0 Å². The molecule has 0 radical (unpaired) electrons. The van der Waals surface area contributed by atoms with Crippen molar-refractivity contribution in [3.05, 3.63) is 29.8 Å². The summed E-state index contributed by atoms with van der Waals surface area (Å²) in [5, 5.41) is 4.17. The summed E-state index contributed by atoms with van der Waals surface area (Å²) in [5.41, 5.74) is 1.74. The molecule has 2 aromatic rings. The smallest absolute Gasteiger partial charge is 0.322 e. The van der Waals surface area contributed by atoms with E-state index in [0.29, 0.717) is 17.6 Å². The highest BCUT2D eigenvalue weighted by atomic mass is 35.5. The van der Waals surface area contributed by atoms with Crippen LogP contribution < -0.4 is 4.74 Å². The first-order valence-electron chi connectivity index (χ1n) is 5.81. The summed E-state index contributed by atoms with van der Waals surface area (Å²) in [6.07, 6.45) is 6.20. The van der Waals surface area contributed by atoms with Gasteiger partial charge in [-0.15, -0.1) is 11.6 Å². The zero-order valence-electron chi connectivity index (χ0n) is 10.4. The summed E-state index contributed by atoms with van der Waals surface area (Å²) in [6.45, 7) is 4.85. The summed E-state index contributed by atoms with van der Waals surface area (Å²) in [4.78, 5) is 8.35. The number of halogens is 1. The Balaban J connectivity index is 2.10. The average Bonchev–Trinajstić information content (AvgIpc) is 2.77. The highest BCUT2D eigenvalue weighted by molar-refractivity contribution is 6.17. The number of aromatic nitrogens is 4. The van der Waals surface area contributed by atoms with Crippen LogP contribution in [0.5, 0.6) is 11.8 Å². The lowest BCUT2D eigenvalue weighted by atomic mass is 10.3. The molecule has 0 amide bonds.